The summed E-state index contributed by atoms with van der Waals surface area (Å²) >= 11 is 3.35. The normalized spacial score (nSPS) is 22.8. The standard InChI is InChI=1S/C34H37BrF6N4O/c1-32(2)15-24-27(25(46)16-32)26(19-7-11-33(37,38)12-8-19)28(29(36)20-3-5-22(6-4-20)34(39,40)41)30(44-24)21-9-13-45(14-10-21)31-42-17-23(35)18-43-31/h3-6,17-19,21,25,29,46H,7-16H2,1-2H3/t25-,29-/m0/s1. The van der Waals surface area contributed by atoms with Gasteiger partial charge in [-0.3, -0.25) is 4.98 Å². The van der Waals surface area contributed by atoms with Crippen LogP contribution in [-0.2, 0) is 12.6 Å². The van der Waals surface area contributed by atoms with Crippen molar-refractivity contribution in [2.45, 2.75) is 101 Å². The van der Waals surface area contributed by atoms with Crippen LogP contribution >= 0.6 is 15.9 Å². The second-order valence-corrected chi connectivity index (χ2v) is 14.7. The topological polar surface area (TPSA) is 62.1 Å². The Morgan fingerprint density at radius 2 is 1.54 bits per heavy atom. The SMILES string of the molecule is CC1(C)Cc2nc(C3CCN(c4ncc(Br)cn4)CC3)c([C@@H](F)c3ccc(C(F)(F)F)cc3)c(C3CCC(F)(F)CC3)c2[C@@H](O)C1. The highest BCUT2D eigenvalue weighted by atomic mass is 79.9. The molecule has 1 saturated heterocycles. The first-order valence-electron chi connectivity index (χ1n) is 15.8. The van der Waals surface area contributed by atoms with Gasteiger partial charge in [0.25, 0.3) is 0 Å². The van der Waals surface area contributed by atoms with Crippen molar-refractivity contribution < 1.29 is 31.4 Å². The number of fused-ring (bicyclic) bond motifs is 1. The molecule has 5 nitrogen and oxygen atoms in total. The summed E-state index contributed by atoms with van der Waals surface area (Å²) < 4.78 is 86.8. The van der Waals surface area contributed by atoms with Crippen LogP contribution in [0.3, 0.4) is 0 Å². The molecule has 46 heavy (non-hydrogen) atoms. The fraction of sp³-hybridized carbons (Fsp3) is 0.559. The zero-order valence-electron chi connectivity index (χ0n) is 25.7. The summed E-state index contributed by atoms with van der Waals surface area (Å²) in [6, 6.07) is 4.01. The van der Waals surface area contributed by atoms with Gasteiger partial charge in [0.15, 0.2) is 6.17 Å². The molecule has 3 heterocycles. The molecule has 248 valence electrons. The minimum atomic E-state index is -4.58. The Kier molecular flexibility index (Phi) is 8.93. The molecule has 1 aromatic carbocycles. The van der Waals surface area contributed by atoms with Crippen molar-refractivity contribution in [3.63, 3.8) is 0 Å². The van der Waals surface area contributed by atoms with Gasteiger partial charge in [0, 0.05) is 61.1 Å². The highest BCUT2D eigenvalue weighted by Crippen LogP contribution is 2.52. The molecule has 0 spiro atoms. The van der Waals surface area contributed by atoms with Crippen molar-refractivity contribution in [2.24, 2.45) is 5.41 Å². The summed E-state index contributed by atoms with van der Waals surface area (Å²) in [5.74, 6) is -2.89. The zero-order chi connectivity index (χ0) is 33.0. The van der Waals surface area contributed by atoms with Crippen molar-refractivity contribution in [1.29, 1.82) is 0 Å². The first kappa shape index (κ1) is 33.2. The number of piperidine rings is 1. The average Bonchev–Trinajstić information content (AvgIpc) is 2.99. The highest BCUT2D eigenvalue weighted by molar-refractivity contribution is 9.10. The van der Waals surface area contributed by atoms with Gasteiger partial charge in [0.05, 0.1) is 21.8 Å². The Morgan fingerprint density at radius 3 is 2.13 bits per heavy atom. The van der Waals surface area contributed by atoms with Gasteiger partial charge in [-0.05, 0) is 89.0 Å². The number of hydrogen-bond donors (Lipinski definition) is 1. The van der Waals surface area contributed by atoms with Gasteiger partial charge >= 0.3 is 6.18 Å². The Morgan fingerprint density at radius 1 is 0.935 bits per heavy atom. The van der Waals surface area contributed by atoms with E-state index in [2.05, 4.69) is 25.9 Å². The van der Waals surface area contributed by atoms with E-state index < -0.39 is 35.9 Å². The fourth-order valence-corrected chi connectivity index (χ4v) is 7.74. The number of benzene rings is 1. The molecule has 1 N–H and O–H groups in total. The van der Waals surface area contributed by atoms with Crippen molar-refractivity contribution in [2.75, 3.05) is 18.0 Å². The summed E-state index contributed by atoms with van der Waals surface area (Å²) in [7, 11) is 0. The molecule has 12 heteroatoms. The molecule has 2 aromatic heterocycles. The Labute approximate surface area is 273 Å². The van der Waals surface area contributed by atoms with Gasteiger partial charge in [0.1, 0.15) is 0 Å². The minimum Gasteiger partial charge on any atom is -0.388 e. The predicted octanol–water partition coefficient (Wildman–Crippen LogP) is 9.39. The van der Waals surface area contributed by atoms with Crippen LogP contribution in [0.15, 0.2) is 41.1 Å². The van der Waals surface area contributed by atoms with Crippen LogP contribution in [0.5, 0.6) is 0 Å². The number of pyridine rings is 1. The van der Waals surface area contributed by atoms with Crippen molar-refractivity contribution in [1.82, 2.24) is 15.0 Å². The molecule has 2 atom stereocenters. The van der Waals surface area contributed by atoms with Crippen LogP contribution in [0.1, 0.15) is 122 Å². The maximum atomic E-state index is 17.1. The van der Waals surface area contributed by atoms with Crippen molar-refractivity contribution in [3.05, 3.63) is 80.3 Å². The quantitative estimate of drug-likeness (QED) is 0.268. The van der Waals surface area contributed by atoms with Gasteiger partial charge in [-0.2, -0.15) is 13.2 Å². The monoisotopic (exact) mass is 710 g/mol. The molecule has 3 aliphatic rings. The number of hydrogen-bond acceptors (Lipinski definition) is 5. The lowest BCUT2D eigenvalue weighted by atomic mass is 9.68. The lowest BCUT2D eigenvalue weighted by Crippen LogP contribution is -2.36. The van der Waals surface area contributed by atoms with Crippen LogP contribution < -0.4 is 4.90 Å². The van der Waals surface area contributed by atoms with E-state index in [1.54, 1.807) is 12.4 Å². The third kappa shape index (κ3) is 6.79. The van der Waals surface area contributed by atoms with Crippen LogP contribution in [-0.4, -0.2) is 39.1 Å². The molecular weight excluding hydrogens is 674 g/mol. The lowest BCUT2D eigenvalue weighted by molar-refractivity contribution is -0.137. The maximum absolute atomic E-state index is 17.1. The van der Waals surface area contributed by atoms with E-state index in [0.29, 0.717) is 67.2 Å². The minimum absolute atomic E-state index is 0.0321. The Bertz CT molecular complexity index is 1550. The van der Waals surface area contributed by atoms with Gasteiger partial charge in [-0.1, -0.05) is 26.0 Å². The number of aromatic nitrogens is 3. The first-order valence-corrected chi connectivity index (χ1v) is 16.6. The van der Waals surface area contributed by atoms with Crippen LogP contribution in [0.25, 0.3) is 0 Å². The number of halogens is 7. The number of alkyl halides is 6. The average molecular weight is 712 g/mol. The summed E-state index contributed by atoms with van der Waals surface area (Å²) in [5.41, 5.74) is 1.30. The molecule has 3 aromatic rings. The number of nitrogens with zero attached hydrogens (tertiary/aromatic N) is 4. The van der Waals surface area contributed by atoms with E-state index in [1.165, 1.54) is 0 Å². The molecule has 0 amide bonds. The smallest absolute Gasteiger partial charge is 0.388 e. The molecule has 0 bridgehead atoms. The molecular formula is C34H37BrF6N4O. The third-order valence-corrected chi connectivity index (χ3v) is 10.2. The second kappa shape index (κ2) is 12.4. The van der Waals surface area contributed by atoms with E-state index in [4.69, 9.17) is 4.98 Å². The lowest BCUT2D eigenvalue weighted by Gasteiger charge is -2.41. The predicted molar refractivity (Wildman–Crippen MR) is 166 cm³/mol. The van der Waals surface area contributed by atoms with Crippen LogP contribution in [0, 0.1) is 5.41 Å². The van der Waals surface area contributed by atoms with Gasteiger partial charge in [-0.25, -0.2) is 23.1 Å². The highest BCUT2D eigenvalue weighted by Gasteiger charge is 2.43. The van der Waals surface area contributed by atoms with Gasteiger partial charge in [0.2, 0.25) is 11.9 Å². The number of aliphatic hydroxyl groups excluding tert-OH is 1. The van der Waals surface area contributed by atoms with Gasteiger partial charge in [-0.15, -0.1) is 0 Å². The molecule has 1 saturated carbocycles. The fourth-order valence-electron chi connectivity index (χ4n) is 7.54. The molecule has 0 unspecified atom stereocenters. The van der Waals surface area contributed by atoms with Crippen LogP contribution in [0.2, 0.25) is 0 Å². The molecule has 1 aliphatic heterocycles. The van der Waals surface area contributed by atoms with E-state index >= 15 is 4.39 Å². The summed E-state index contributed by atoms with van der Waals surface area (Å²) in [6.07, 6.45) is -2.42. The summed E-state index contributed by atoms with van der Waals surface area (Å²) in [4.78, 5) is 15.9. The van der Waals surface area contributed by atoms with E-state index in [1.807, 2.05) is 18.7 Å². The van der Waals surface area contributed by atoms with E-state index in [9.17, 15) is 27.1 Å². The van der Waals surface area contributed by atoms with Crippen LogP contribution in [0.4, 0.5) is 32.3 Å². The van der Waals surface area contributed by atoms with Crippen molar-refractivity contribution in [3.8, 4) is 0 Å². The Hall–Kier alpha value is -2.73. The largest absolute Gasteiger partial charge is 0.416 e. The number of anilines is 1. The third-order valence-electron chi connectivity index (χ3n) is 9.83. The number of rotatable bonds is 5. The molecule has 2 aliphatic carbocycles. The van der Waals surface area contributed by atoms with E-state index in [-0.39, 0.29) is 48.1 Å². The zero-order valence-corrected chi connectivity index (χ0v) is 27.3. The maximum Gasteiger partial charge on any atom is 0.416 e. The van der Waals surface area contributed by atoms with Gasteiger partial charge < -0.3 is 10.0 Å². The second-order valence-electron chi connectivity index (χ2n) is 13.8. The Balaban J connectivity index is 1.47. The first-order chi connectivity index (χ1) is 21.6. The van der Waals surface area contributed by atoms with Crippen molar-refractivity contribution >= 4 is 21.9 Å². The summed E-state index contributed by atoms with van der Waals surface area (Å²) in [6.45, 7) is 5.21. The van der Waals surface area contributed by atoms with E-state index in [0.717, 1.165) is 28.7 Å². The molecule has 6 rings (SSSR count). The molecule has 0 radical (unpaired) electrons. The summed E-state index contributed by atoms with van der Waals surface area (Å²) in [5, 5.41) is 11.5. The number of aliphatic hydroxyl groups is 1. The molecule has 2 fully saturated rings.